The van der Waals surface area contributed by atoms with E-state index in [2.05, 4.69) is 11.1 Å². The maximum Gasteiger partial charge on any atom is 0.337 e. The number of carboxylic acid groups (broad SMARTS) is 1. The minimum absolute atomic E-state index is 0.0841. The normalized spacial score (nSPS) is 16.7. The van der Waals surface area contributed by atoms with Crippen LogP contribution in [0.15, 0.2) is 60.9 Å². The SMILES string of the molecule is O=C(O)c1cccc(COC2(c3cnccc3-c3ccccc3OC3CC3)CC2)c1Cl. The number of para-hydroxylation sites is 1. The van der Waals surface area contributed by atoms with E-state index in [4.69, 9.17) is 21.1 Å². The molecule has 5 rings (SSSR count). The molecule has 6 heteroatoms. The van der Waals surface area contributed by atoms with Crippen LogP contribution in [-0.2, 0) is 16.9 Å². The van der Waals surface area contributed by atoms with Gasteiger partial charge in [0.25, 0.3) is 0 Å². The molecule has 1 heterocycles. The van der Waals surface area contributed by atoms with Crippen LogP contribution in [0.2, 0.25) is 5.02 Å². The van der Waals surface area contributed by atoms with Crippen LogP contribution in [0.1, 0.15) is 47.2 Å². The van der Waals surface area contributed by atoms with E-state index < -0.39 is 11.6 Å². The second-order valence-corrected chi connectivity index (χ2v) is 8.48. The second-order valence-electron chi connectivity index (χ2n) is 8.10. The smallest absolute Gasteiger partial charge is 0.337 e. The molecule has 2 aliphatic carbocycles. The minimum atomic E-state index is -1.05. The topological polar surface area (TPSA) is 68.7 Å². The Labute approximate surface area is 185 Å². The molecule has 3 aromatic rings. The van der Waals surface area contributed by atoms with E-state index in [0.717, 1.165) is 48.1 Å². The van der Waals surface area contributed by atoms with Crippen LogP contribution in [0.4, 0.5) is 0 Å². The number of hydrogen-bond donors (Lipinski definition) is 1. The van der Waals surface area contributed by atoms with Crippen molar-refractivity contribution < 1.29 is 19.4 Å². The van der Waals surface area contributed by atoms with Crippen LogP contribution in [0.25, 0.3) is 11.1 Å². The van der Waals surface area contributed by atoms with Crippen LogP contribution in [0, 0.1) is 0 Å². The van der Waals surface area contributed by atoms with Crippen LogP contribution in [0.3, 0.4) is 0 Å². The fourth-order valence-electron chi connectivity index (χ4n) is 3.83. The maximum absolute atomic E-state index is 11.4. The molecule has 2 saturated carbocycles. The third-order valence-electron chi connectivity index (χ3n) is 5.82. The number of aromatic nitrogens is 1. The number of ether oxygens (including phenoxy) is 2. The molecule has 158 valence electrons. The number of benzene rings is 2. The summed E-state index contributed by atoms with van der Waals surface area (Å²) < 4.78 is 12.5. The van der Waals surface area contributed by atoms with Gasteiger partial charge in [-0.1, -0.05) is 41.9 Å². The van der Waals surface area contributed by atoms with Gasteiger partial charge in [0.15, 0.2) is 0 Å². The molecule has 0 spiro atoms. The van der Waals surface area contributed by atoms with E-state index in [1.807, 2.05) is 30.5 Å². The van der Waals surface area contributed by atoms with E-state index in [1.165, 1.54) is 6.07 Å². The number of nitrogens with zero attached hydrogens (tertiary/aromatic N) is 1. The first-order valence-corrected chi connectivity index (χ1v) is 10.8. The summed E-state index contributed by atoms with van der Waals surface area (Å²) in [7, 11) is 0. The van der Waals surface area contributed by atoms with E-state index >= 15 is 0 Å². The lowest BCUT2D eigenvalue weighted by Crippen LogP contribution is -2.14. The predicted molar refractivity (Wildman–Crippen MR) is 117 cm³/mol. The van der Waals surface area contributed by atoms with Gasteiger partial charge in [0.2, 0.25) is 0 Å². The number of rotatable bonds is 8. The Hall–Kier alpha value is -2.89. The van der Waals surface area contributed by atoms with E-state index in [9.17, 15) is 9.90 Å². The zero-order chi connectivity index (χ0) is 21.4. The Balaban J connectivity index is 1.44. The lowest BCUT2D eigenvalue weighted by atomic mass is 9.96. The minimum Gasteiger partial charge on any atom is -0.490 e. The highest BCUT2D eigenvalue weighted by Gasteiger charge is 2.47. The molecule has 0 aliphatic heterocycles. The summed E-state index contributed by atoms with van der Waals surface area (Å²) >= 11 is 6.31. The molecular formula is C25H22ClNO4. The number of pyridine rings is 1. The fourth-order valence-corrected chi connectivity index (χ4v) is 4.09. The van der Waals surface area contributed by atoms with Gasteiger partial charge in [-0.15, -0.1) is 0 Å². The summed E-state index contributed by atoms with van der Waals surface area (Å²) in [6.07, 6.45) is 7.89. The van der Waals surface area contributed by atoms with Gasteiger partial charge in [0.1, 0.15) is 5.75 Å². The largest absolute Gasteiger partial charge is 0.490 e. The summed E-state index contributed by atoms with van der Waals surface area (Å²) in [5.41, 5.74) is 3.39. The molecule has 1 aromatic heterocycles. The molecule has 0 unspecified atom stereocenters. The molecule has 0 atom stereocenters. The second kappa shape index (κ2) is 7.98. The molecule has 0 saturated heterocycles. The maximum atomic E-state index is 11.4. The van der Waals surface area contributed by atoms with Gasteiger partial charge in [-0.25, -0.2) is 4.79 Å². The van der Waals surface area contributed by atoms with E-state index in [1.54, 1.807) is 18.3 Å². The van der Waals surface area contributed by atoms with Crippen molar-refractivity contribution in [3.63, 3.8) is 0 Å². The van der Waals surface area contributed by atoms with Crippen LogP contribution < -0.4 is 4.74 Å². The highest BCUT2D eigenvalue weighted by atomic mass is 35.5. The molecule has 0 bridgehead atoms. The molecule has 0 radical (unpaired) electrons. The monoisotopic (exact) mass is 435 g/mol. The predicted octanol–water partition coefficient (Wildman–Crippen LogP) is 5.85. The highest BCUT2D eigenvalue weighted by molar-refractivity contribution is 6.34. The molecule has 31 heavy (non-hydrogen) atoms. The number of carboxylic acids is 1. The molecule has 2 fully saturated rings. The Bertz CT molecular complexity index is 1140. The summed E-state index contributed by atoms with van der Waals surface area (Å²) in [5.74, 6) is -0.166. The van der Waals surface area contributed by atoms with Gasteiger partial charge in [-0.3, -0.25) is 4.98 Å². The molecule has 5 nitrogen and oxygen atoms in total. The van der Waals surface area contributed by atoms with Gasteiger partial charge in [-0.2, -0.15) is 0 Å². The first kappa shape index (κ1) is 20.0. The number of carbonyl (C=O) groups is 1. The Kier molecular flexibility index (Phi) is 5.16. The van der Waals surface area contributed by atoms with Crippen LogP contribution >= 0.6 is 11.6 Å². The van der Waals surface area contributed by atoms with Gasteiger partial charge < -0.3 is 14.6 Å². The Morgan fingerprint density at radius 1 is 1.10 bits per heavy atom. The lowest BCUT2D eigenvalue weighted by Gasteiger charge is -2.22. The summed E-state index contributed by atoms with van der Waals surface area (Å²) in [6, 6.07) is 15.1. The van der Waals surface area contributed by atoms with Gasteiger partial charge in [-0.05, 0) is 55.0 Å². The standard InChI is InChI=1S/C25H22ClNO4/c26-23-16(4-3-6-20(23)24(28)29)15-30-25(11-12-25)21-14-27-13-10-18(21)19-5-1-2-7-22(19)31-17-8-9-17/h1-7,10,13-14,17H,8-9,11-12,15H2,(H,28,29). The van der Waals surface area contributed by atoms with Crippen molar-refractivity contribution >= 4 is 17.6 Å². The van der Waals surface area contributed by atoms with Crippen molar-refractivity contribution in [1.29, 1.82) is 0 Å². The number of hydrogen-bond acceptors (Lipinski definition) is 4. The molecule has 1 N–H and O–H groups in total. The average molecular weight is 436 g/mol. The summed E-state index contributed by atoms with van der Waals surface area (Å²) in [4.78, 5) is 15.7. The van der Waals surface area contributed by atoms with Gasteiger partial charge in [0.05, 0.1) is 28.9 Å². The molecular weight excluding hydrogens is 414 g/mol. The van der Waals surface area contributed by atoms with Crippen LogP contribution in [0.5, 0.6) is 5.75 Å². The zero-order valence-corrected chi connectivity index (χ0v) is 17.6. The zero-order valence-electron chi connectivity index (χ0n) is 16.9. The van der Waals surface area contributed by atoms with E-state index in [0.29, 0.717) is 11.7 Å². The van der Waals surface area contributed by atoms with Crippen molar-refractivity contribution in [3.8, 4) is 16.9 Å². The Morgan fingerprint density at radius 3 is 2.65 bits per heavy atom. The third kappa shape index (κ3) is 4.03. The van der Waals surface area contributed by atoms with Crippen LogP contribution in [-0.4, -0.2) is 22.2 Å². The summed E-state index contributed by atoms with van der Waals surface area (Å²) in [5, 5.41) is 9.54. The fraction of sp³-hybridized carbons (Fsp3) is 0.280. The number of halogens is 1. The van der Waals surface area contributed by atoms with Crippen molar-refractivity contribution in [3.05, 3.63) is 82.6 Å². The quantitative estimate of drug-likeness (QED) is 0.480. The molecule has 2 aromatic carbocycles. The lowest BCUT2D eigenvalue weighted by molar-refractivity contribution is 0.0173. The van der Waals surface area contributed by atoms with Gasteiger partial charge in [0, 0.05) is 23.5 Å². The average Bonchev–Trinajstić information content (AvgIpc) is 3.70. The van der Waals surface area contributed by atoms with Crippen molar-refractivity contribution in [2.45, 2.75) is 44.0 Å². The molecule has 0 amide bonds. The number of aromatic carboxylic acids is 1. The molecule has 2 aliphatic rings. The van der Waals surface area contributed by atoms with Crippen molar-refractivity contribution in [2.75, 3.05) is 0 Å². The third-order valence-corrected chi connectivity index (χ3v) is 6.27. The highest BCUT2D eigenvalue weighted by Crippen LogP contribution is 2.53. The Morgan fingerprint density at radius 2 is 1.90 bits per heavy atom. The first-order chi connectivity index (χ1) is 15.1. The van der Waals surface area contributed by atoms with E-state index in [-0.39, 0.29) is 17.2 Å². The first-order valence-electron chi connectivity index (χ1n) is 10.4. The van der Waals surface area contributed by atoms with Gasteiger partial charge >= 0.3 is 5.97 Å². The van der Waals surface area contributed by atoms with Crippen molar-refractivity contribution in [1.82, 2.24) is 4.98 Å². The summed E-state index contributed by atoms with van der Waals surface area (Å²) in [6.45, 7) is 0.231. The van der Waals surface area contributed by atoms with Crippen molar-refractivity contribution in [2.24, 2.45) is 0 Å².